The number of rotatable bonds is 3. The Hall–Kier alpha value is -1.96. The molecule has 1 rings (SSSR count). The fraction of sp³-hybridized carbons (Fsp3) is 0.333. The third-order valence-electron chi connectivity index (χ3n) is 1.79. The minimum Gasteiger partial charge on any atom is -0.477 e. The SMILES string of the molecule is C#CCNc1c(C(=O)O)c(C)nn1C. The van der Waals surface area contributed by atoms with Gasteiger partial charge in [0.15, 0.2) is 0 Å². The maximum atomic E-state index is 10.9. The molecule has 0 saturated heterocycles. The molecule has 1 heterocycles. The number of terminal acetylenes is 1. The zero-order valence-corrected chi connectivity index (χ0v) is 8.03. The van der Waals surface area contributed by atoms with Crippen molar-refractivity contribution in [2.75, 3.05) is 11.9 Å². The van der Waals surface area contributed by atoms with Crippen LogP contribution in [0.1, 0.15) is 16.1 Å². The summed E-state index contributed by atoms with van der Waals surface area (Å²) < 4.78 is 1.47. The van der Waals surface area contributed by atoms with Crippen molar-refractivity contribution in [2.24, 2.45) is 7.05 Å². The number of carbonyl (C=O) groups is 1. The summed E-state index contributed by atoms with van der Waals surface area (Å²) in [5.74, 6) is 1.81. The van der Waals surface area contributed by atoms with Crippen LogP contribution in [0, 0.1) is 19.3 Å². The van der Waals surface area contributed by atoms with E-state index < -0.39 is 5.97 Å². The molecule has 0 radical (unpaired) electrons. The van der Waals surface area contributed by atoms with Gasteiger partial charge in [0.2, 0.25) is 0 Å². The number of carboxylic acids is 1. The summed E-state index contributed by atoms with van der Waals surface area (Å²) in [6.07, 6.45) is 5.07. The van der Waals surface area contributed by atoms with Crippen LogP contribution in [-0.4, -0.2) is 27.4 Å². The van der Waals surface area contributed by atoms with Crippen LogP contribution in [0.25, 0.3) is 0 Å². The number of hydrogen-bond acceptors (Lipinski definition) is 3. The summed E-state index contributed by atoms with van der Waals surface area (Å²) in [4.78, 5) is 10.9. The standard InChI is InChI=1S/C9H11N3O2/c1-4-5-10-8-7(9(13)14)6(2)11-12(8)3/h1,10H,5H2,2-3H3,(H,13,14). The molecule has 0 spiro atoms. The first-order valence-electron chi connectivity index (χ1n) is 4.02. The Balaban J connectivity index is 3.13. The van der Waals surface area contributed by atoms with Gasteiger partial charge in [0, 0.05) is 7.05 Å². The molecule has 0 amide bonds. The van der Waals surface area contributed by atoms with E-state index in [1.54, 1.807) is 14.0 Å². The predicted molar refractivity (Wildman–Crippen MR) is 52.2 cm³/mol. The first-order chi connectivity index (χ1) is 6.57. The minimum atomic E-state index is -1.00. The van der Waals surface area contributed by atoms with Crippen LogP contribution in [0.3, 0.4) is 0 Å². The van der Waals surface area contributed by atoms with Crippen LogP contribution in [-0.2, 0) is 7.05 Å². The van der Waals surface area contributed by atoms with Gasteiger partial charge in [0.05, 0.1) is 12.2 Å². The molecule has 0 aliphatic heterocycles. The lowest BCUT2D eigenvalue weighted by Crippen LogP contribution is -2.09. The molecule has 1 aromatic heterocycles. The molecule has 14 heavy (non-hydrogen) atoms. The maximum Gasteiger partial charge on any atom is 0.341 e. The topological polar surface area (TPSA) is 67.2 Å². The van der Waals surface area contributed by atoms with Gasteiger partial charge in [-0.1, -0.05) is 5.92 Å². The minimum absolute atomic E-state index is 0.169. The van der Waals surface area contributed by atoms with Gasteiger partial charge in [-0.25, -0.2) is 4.79 Å². The van der Waals surface area contributed by atoms with Crippen molar-refractivity contribution < 1.29 is 9.90 Å². The van der Waals surface area contributed by atoms with Crippen molar-refractivity contribution in [3.63, 3.8) is 0 Å². The molecule has 0 unspecified atom stereocenters. The number of nitrogens with one attached hydrogen (secondary N) is 1. The van der Waals surface area contributed by atoms with Gasteiger partial charge >= 0.3 is 5.97 Å². The average molecular weight is 193 g/mol. The molecular weight excluding hydrogens is 182 g/mol. The number of carboxylic acid groups (broad SMARTS) is 1. The molecule has 0 saturated carbocycles. The van der Waals surface area contributed by atoms with Crippen LogP contribution < -0.4 is 5.32 Å². The lowest BCUT2D eigenvalue weighted by molar-refractivity contribution is 0.0697. The van der Waals surface area contributed by atoms with Gasteiger partial charge < -0.3 is 10.4 Å². The van der Waals surface area contributed by atoms with E-state index in [4.69, 9.17) is 11.5 Å². The molecule has 5 nitrogen and oxygen atoms in total. The first kappa shape index (κ1) is 10.1. The Kier molecular flexibility index (Phi) is 2.77. The number of aromatic nitrogens is 2. The zero-order valence-electron chi connectivity index (χ0n) is 8.03. The molecule has 5 heteroatoms. The Bertz CT molecular complexity index is 401. The second-order valence-electron chi connectivity index (χ2n) is 2.80. The summed E-state index contributed by atoms with van der Waals surface area (Å²) in [6.45, 7) is 1.92. The van der Waals surface area contributed by atoms with Gasteiger partial charge in [-0.2, -0.15) is 5.10 Å². The average Bonchev–Trinajstić information content (AvgIpc) is 2.37. The van der Waals surface area contributed by atoms with Gasteiger partial charge in [-0.05, 0) is 6.92 Å². The summed E-state index contributed by atoms with van der Waals surface area (Å²) in [7, 11) is 1.66. The highest BCUT2D eigenvalue weighted by molar-refractivity contribution is 5.94. The second kappa shape index (κ2) is 3.83. The first-order valence-corrected chi connectivity index (χ1v) is 4.02. The van der Waals surface area contributed by atoms with Crippen molar-refractivity contribution in [1.29, 1.82) is 0 Å². The van der Waals surface area contributed by atoms with Crippen LogP contribution >= 0.6 is 0 Å². The summed E-state index contributed by atoms with van der Waals surface area (Å²) >= 11 is 0. The van der Waals surface area contributed by atoms with E-state index in [-0.39, 0.29) is 12.1 Å². The maximum absolute atomic E-state index is 10.9. The number of aromatic carboxylic acids is 1. The Morgan fingerprint density at radius 1 is 1.79 bits per heavy atom. The second-order valence-corrected chi connectivity index (χ2v) is 2.80. The van der Waals surface area contributed by atoms with Gasteiger partial charge in [0.25, 0.3) is 0 Å². The fourth-order valence-corrected chi connectivity index (χ4v) is 1.25. The molecule has 0 aliphatic carbocycles. The van der Waals surface area contributed by atoms with E-state index in [2.05, 4.69) is 16.3 Å². The highest BCUT2D eigenvalue weighted by atomic mass is 16.4. The van der Waals surface area contributed by atoms with Crippen LogP contribution in [0.5, 0.6) is 0 Å². The normalized spacial score (nSPS) is 9.50. The lowest BCUT2D eigenvalue weighted by atomic mass is 10.2. The van der Waals surface area contributed by atoms with E-state index in [1.807, 2.05) is 0 Å². The number of nitrogens with zero attached hydrogens (tertiary/aromatic N) is 2. The molecule has 74 valence electrons. The summed E-state index contributed by atoms with van der Waals surface area (Å²) in [6, 6.07) is 0. The Morgan fingerprint density at radius 3 is 2.93 bits per heavy atom. The monoisotopic (exact) mass is 193 g/mol. The third-order valence-corrected chi connectivity index (χ3v) is 1.79. The Morgan fingerprint density at radius 2 is 2.43 bits per heavy atom. The van der Waals surface area contributed by atoms with E-state index >= 15 is 0 Å². The van der Waals surface area contributed by atoms with E-state index in [0.29, 0.717) is 11.5 Å². The Labute approximate surface area is 81.7 Å². The molecule has 0 atom stereocenters. The molecule has 2 N–H and O–H groups in total. The predicted octanol–water partition coefficient (Wildman–Crippen LogP) is 0.472. The number of anilines is 1. The van der Waals surface area contributed by atoms with Crippen molar-refractivity contribution in [3.8, 4) is 12.3 Å². The lowest BCUT2D eigenvalue weighted by Gasteiger charge is -2.03. The van der Waals surface area contributed by atoms with Crippen molar-refractivity contribution in [3.05, 3.63) is 11.3 Å². The van der Waals surface area contributed by atoms with E-state index in [1.165, 1.54) is 4.68 Å². The molecule has 0 fully saturated rings. The highest BCUT2D eigenvalue weighted by Crippen LogP contribution is 2.17. The largest absolute Gasteiger partial charge is 0.477 e. The van der Waals surface area contributed by atoms with Crippen LogP contribution in [0.2, 0.25) is 0 Å². The number of hydrogen-bond donors (Lipinski definition) is 2. The van der Waals surface area contributed by atoms with Gasteiger partial charge in [0.1, 0.15) is 11.4 Å². The fourth-order valence-electron chi connectivity index (χ4n) is 1.25. The van der Waals surface area contributed by atoms with Crippen molar-refractivity contribution in [1.82, 2.24) is 9.78 Å². The molecule has 0 bridgehead atoms. The van der Waals surface area contributed by atoms with Crippen molar-refractivity contribution >= 4 is 11.8 Å². The van der Waals surface area contributed by atoms with Crippen LogP contribution in [0.4, 0.5) is 5.82 Å². The quantitative estimate of drug-likeness (QED) is 0.685. The van der Waals surface area contributed by atoms with Crippen molar-refractivity contribution in [2.45, 2.75) is 6.92 Å². The van der Waals surface area contributed by atoms with E-state index in [9.17, 15) is 4.79 Å². The highest BCUT2D eigenvalue weighted by Gasteiger charge is 2.18. The third kappa shape index (κ3) is 1.69. The van der Waals surface area contributed by atoms with E-state index in [0.717, 1.165) is 0 Å². The van der Waals surface area contributed by atoms with Crippen LogP contribution in [0.15, 0.2) is 0 Å². The molecular formula is C9H11N3O2. The molecule has 0 aromatic carbocycles. The zero-order chi connectivity index (χ0) is 10.7. The summed E-state index contributed by atoms with van der Waals surface area (Å²) in [5.41, 5.74) is 0.641. The summed E-state index contributed by atoms with van der Waals surface area (Å²) in [5, 5.41) is 15.7. The smallest absolute Gasteiger partial charge is 0.341 e. The molecule has 0 aliphatic rings. The molecule has 1 aromatic rings. The van der Waals surface area contributed by atoms with Gasteiger partial charge in [-0.3, -0.25) is 4.68 Å². The number of aryl methyl sites for hydroxylation is 2. The van der Waals surface area contributed by atoms with Gasteiger partial charge in [-0.15, -0.1) is 6.42 Å².